The predicted molar refractivity (Wildman–Crippen MR) is 61.3 cm³/mol. The van der Waals surface area contributed by atoms with Gasteiger partial charge in [-0.3, -0.25) is 0 Å². The lowest BCUT2D eigenvalue weighted by Gasteiger charge is -2.06. The Bertz CT molecular complexity index is 401. The van der Waals surface area contributed by atoms with Crippen molar-refractivity contribution in [2.45, 2.75) is 13.8 Å². The van der Waals surface area contributed by atoms with E-state index in [0.29, 0.717) is 23.0 Å². The van der Waals surface area contributed by atoms with E-state index in [0.717, 1.165) is 5.56 Å². The summed E-state index contributed by atoms with van der Waals surface area (Å²) in [4.78, 5) is 0. The van der Waals surface area contributed by atoms with Crippen molar-refractivity contribution in [1.82, 2.24) is 0 Å². The van der Waals surface area contributed by atoms with Crippen molar-refractivity contribution < 1.29 is 4.74 Å². The van der Waals surface area contributed by atoms with Gasteiger partial charge in [0.15, 0.2) is 0 Å². The smallest absolute Gasteiger partial charge is 0.111 e. The van der Waals surface area contributed by atoms with Gasteiger partial charge in [-0.05, 0) is 31.5 Å². The summed E-state index contributed by atoms with van der Waals surface area (Å²) in [5.41, 5.74) is 1.38. The van der Waals surface area contributed by atoms with Crippen LogP contribution >= 0.6 is 11.6 Å². The normalized spacial score (nSPS) is 11.6. The second kappa shape index (κ2) is 5.43. The molecule has 0 heterocycles. The summed E-state index contributed by atoms with van der Waals surface area (Å²) < 4.78 is 5.30. The lowest BCUT2D eigenvalue weighted by Crippen LogP contribution is -1.92. The minimum Gasteiger partial charge on any atom is -0.497 e. The Morgan fingerprint density at radius 2 is 2.00 bits per heavy atom. The maximum atomic E-state index is 9.02. The van der Waals surface area contributed by atoms with Gasteiger partial charge in [0, 0.05) is 5.02 Å². The summed E-state index contributed by atoms with van der Waals surface area (Å²) in [6.07, 6.45) is 0. The van der Waals surface area contributed by atoms with Crippen molar-refractivity contribution in [3.63, 3.8) is 0 Å². The van der Waals surface area contributed by atoms with Crippen LogP contribution < -0.4 is 0 Å². The van der Waals surface area contributed by atoms with Gasteiger partial charge in [-0.2, -0.15) is 5.26 Å². The molecule has 0 radical (unpaired) electrons. The Labute approximate surface area is 94.7 Å². The van der Waals surface area contributed by atoms with Gasteiger partial charge in [-0.1, -0.05) is 23.7 Å². The topological polar surface area (TPSA) is 33.0 Å². The number of ether oxygens (including phenoxy) is 1. The van der Waals surface area contributed by atoms with Gasteiger partial charge in [-0.15, -0.1) is 0 Å². The largest absolute Gasteiger partial charge is 0.497 e. The first kappa shape index (κ1) is 11.6. The van der Waals surface area contributed by atoms with Gasteiger partial charge in [0.05, 0.1) is 12.2 Å². The summed E-state index contributed by atoms with van der Waals surface area (Å²) in [6.45, 7) is 4.24. The second-order valence-electron chi connectivity index (χ2n) is 2.98. The number of allylic oxidation sites excluding steroid dienone is 2. The minimum absolute atomic E-state index is 0.550. The fraction of sp³-hybridized carbons (Fsp3) is 0.250. The molecule has 0 aliphatic heterocycles. The van der Waals surface area contributed by atoms with Gasteiger partial charge in [0.1, 0.15) is 11.8 Å². The van der Waals surface area contributed by atoms with Crippen LogP contribution in [0.3, 0.4) is 0 Å². The van der Waals surface area contributed by atoms with Crippen molar-refractivity contribution in [3.05, 3.63) is 40.6 Å². The highest BCUT2D eigenvalue weighted by Gasteiger charge is 2.05. The molecule has 2 nitrogen and oxygen atoms in total. The summed E-state index contributed by atoms with van der Waals surface area (Å²) in [7, 11) is 0. The number of nitrogens with zero attached hydrogens (tertiary/aromatic N) is 1. The average molecular weight is 222 g/mol. The van der Waals surface area contributed by atoms with Crippen molar-refractivity contribution in [3.8, 4) is 6.07 Å². The summed E-state index contributed by atoms with van der Waals surface area (Å²) >= 11 is 5.77. The zero-order chi connectivity index (χ0) is 11.3. The molecule has 3 heteroatoms. The molecule has 0 spiro atoms. The van der Waals surface area contributed by atoms with Crippen molar-refractivity contribution >= 4 is 17.2 Å². The number of rotatable bonds is 3. The van der Waals surface area contributed by atoms with E-state index in [4.69, 9.17) is 21.6 Å². The fourth-order valence-corrected chi connectivity index (χ4v) is 1.38. The van der Waals surface area contributed by atoms with Crippen LogP contribution in [-0.2, 0) is 4.74 Å². The molecule has 0 bridgehead atoms. The maximum Gasteiger partial charge on any atom is 0.111 e. The van der Waals surface area contributed by atoms with Crippen LogP contribution in [0.15, 0.2) is 30.0 Å². The average Bonchev–Trinajstić information content (AvgIpc) is 2.22. The van der Waals surface area contributed by atoms with Crippen LogP contribution in [0, 0.1) is 11.3 Å². The standard InChI is InChI=1S/C12H12ClNO/c1-3-15-9(2)12(8-14)10-4-6-11(13)7-5-10/h4-7H,3H2,1-2H3. The molecule has 78 valence electrons. The van der Waals surface area contributed by atoms with Gasteiger partial charge in [0.2, 0.25) is 0 Å². The number of benzene rings is 1. The first-order valence-electron chi connectivity index (χ1n) is 4.68. The Morgan fingerprint density at radius 1 is 1.40 bits per heavy atom. The summed E-state index contributed by atoms with van der Waals surface area (Å²) in [5, 5.41) is 9.68. The van der Waals surface area contributed by atoms with E-state index in [1.165, 1.54) is 0 Å². The van der Waals surface area contributed by atoms with Crippen molar-refractivity contribution in [1.29, 1.82) is 5.26 Å². The van der Waals surface area contributed by atoms with E-state index >= 15 is 0 Å². The van der Waals surface area contributed by atoms with E-state index in [2.05, 4.69) is 6.07 Å². The molecule has 0 amide bonds. The van der Waals surface area contributed by atoms with Gasteiger partial charge >= 0.3 is 0 Å². The van der Waals surface area contributed by atoms with Crippen molar-refractivity contribution in [2.24, 2.45) is 0 Å². The van der Waals surface area contributed by atoms with E-state index in [1.54, 1.807) is 19.1 Å². The molecule has 0 aromatic heterocycles. The lowest BCUT2D eigenvalue weighted by molar-refractivity contribution is 0.234. The van der Waals surface area contributed by atoms with Gasteiger partial charge < -0.3 is 4.74 Å². The number of halogens is 1. The summed E-state index contributed by atoms with van der Waals surface area (Å²) in [5.74, 6) is 0.641. The molecule has 15 heavy (non-hydrogen) atoms. The highest BCUT2D eigenvalue weighted by atomic mass is 35.5. The minimum atomic E-state index is 0.550. The molecule has 1 rings (SSSR count). The second-order valence-corrected chi connectivity index (χ2v) is 3.42. The molecule has 0 saturated carbocycles. The molecule has 0 atom stereocenters. The van der Waals surface area contributed by atoms with E-state index in [1.807, 2.05) is 19.1 Å². The van der Waals surface area contributed by atoms with E-state index in [9.17, 15) is 0 Å². The number of hydrogen-bond acceptors (Lipinski definition) is 2. The SMILES string of the molecule is CCOC(C)=C(C#N)c1ccc(Cl)cc1. The first-order valence-corrected chi connectivity index (χ1v) is 5.06. The lowest BCUT2D eigenvalue weighted by atomic mass is 10.1. The molecule has 0 unspecified atom stereocenters. The number of nitriles is 1. The molecule has 0 N–H and O–H groups in total. The Balaban J connectivity index is 3.09. The Hall–Kier alpha value is -1.46. The molecule has 1 aromatic rings. The van der Waals surface area contributed by atoms with Gasteiger partial charge in [0.25, 0.3) is 0 Å². The van der Waals surface area contributed by atoms with E-state index in [-0.39, 0.29) is 0 Å². The van der Waals surface area contributed by atoms with Crippen LogP contribution in [0.1, 0.15) is 19.4 Å². The Morgan fingerprint density at radius 3 is 2.47 bits per heavy atom. The third-order valence-corrected chi connectivity index (χ3v) is 2.21. The van der Waals surface area contributed by atoms with Gasteiger partial charge in [-0.25, -0.2) is 0 Å². The van der Waals surface area contributed by atoms with Crippen LogP contribution in [0.2, 0.25) is 5.02 Å². The zero-order valence-corrected chi connectivity index (χ0v) is 9.51. The quantitative estimate of drug-likeness (QED) is 0.577. The molecule has 0 aliphatic carbocycles. The maximum absolute atomic E-state index is 9.02. The van der Waals surface area contributed by atoms with Crippen LogP contribution in [0.4, 0.5) is 0 Å². The van der Waals surface area contributed by atoms with Crippen LogP contribution in [-0.4, -0.2) is 6.61 Å². The molecule has 0 fully saturated rings. The number of hydrogen-bond donors (Lipinski definition) is 0. The summed E-state index contributed by atoms with van der Waals surface area (Å²) in [6, 6.07) is 9.27. The third-order valence-electron chi connectivity index (χ3n) is 1.96. The fourth-order valence-electron chi connectivity index (χ4n) is 1.25. The van der Waals surface area contributed by atoms with Crippen molar-refractivity contribution in [2.75, 3.05) is 6.61 Å². The zero-order valence-electron chi connectivity index (χ0n) is 8.75. The van der Waals surface area contributed by atoms with E-state index < -0.39 is 0 Å². The van der Waals surface area contributed by atoms with Crippen LogP contribution in [0.5, 0.6) is 0 Å². The molecule has 0 saturated heterocycles. The highest BCUT2D eigenvalue weighted by molar-refractivity contribution is 6.30. The Kier molecular flexibility index (Phi) is 4.20. The van der Waals surface area contributed by atoms with Crippen LogP contribution in [0.25, 0.3) is 5.57 Å². The highest BCUT2D eigenvalue weighted by Crippen LogP contribution is 2.20. The first-order chi connectivity index (χ1) is 7.19. The predicted octanol–water partition coefficient (Wildman–Crippen LogP) is 3.63. The molecule has 0 aliphatic rings. The monoisotopic (exact) mass is 221 g/mol. The molecular formula is C12H12ClNO. The third kappa shape index (κ3) is 3.00. The molecule has 1 aromatic carbocycles. The molecular weight excluding hydrogens is 210 g/mol.